The SMILES string of the molecule is CCCC/C=C\CCCCCCCC(=O)NC(COC1OC(CO)C(OC2OC(CO)C(O)C(O)C2O)C(O)C1O)C(O)CCCCCCCC. The highest BCUT2D eigenvalue weighted by Crippen LogP contribution is 2.30. The molecule has 2 aliphatic heterocycles. The fraction of sp³-hybridized carbons (Fsp3) is 0.919. The normalized spacial score (nSPS) is 31.2. The zero-order chi connectivity index (χ0) is 37.6. The summed E-state index contributed by atoms with van der Waals surface area (Å²) < 4.78 is 22.5. The van der Waals surface area contributed by atoms with Crippen molar-refractivity contribution in [3.8, 4) is 0 Å². The first-order valence-electron chi connectivity index (χ1n) is 19.4. The lowest BCUT2D eigenvalue weighted by Gasteiger charge is -2.46. The van der Waals surface area contributed by atoms with Gasteiger partial charge in [-0.1, -0.05) is 96.6 Å². The number of carbonyl (C=O) groups is 1. The summed E-state index contributed by atoms with van der Waals surface area (Å²) in [6.45, 7) is 2.68. The maximum absolute atomic E-state index is 12.9. The van der Waals surface area contributed by atoms with Gasteiger partial charge in [0, 0.05) is 6.42 Å². The van der Waals surface area contributed by atoms with Crippen LogP contribution in [0.15, 0.2) is 12.2 Å². The number of aliphatic hydroxyl groups excluding tert-OH is 8. The molecule has 14 heteroatoms. The Morgan fingerprint density at radius 1 is 0.686 bits per heavy atom. The summed E-state index contributed by atoms with van der Waals surface area (Å²) in [7, 11) is 0. The van der Waals surface area contributed by atoms with Gasteiger partial charge in [0.15, 0.2) is 12.6 Å². The average molecular weight is 736 g/mol. The third kappa shape index (κ3) is 16.3. The number of hydrogen-bond acceptors (Lipinski definition) is 13. The molecule has 300 valence electrons. The Kier molecular flexibility index (Phi) is 23.8. The first kappa shape index (κ1) is 45.9. The third-order valence-electron chi connectivity index (χ3n) is 9.73. The monoisotopic (exact) mass is 735 g/mol. The van der Waals surface area contributed by atoms with Crippen molar-refractivity contribution in [2.45, 2.75) is 197 Å². The van der Waals surface area contributed by atoms with Crippen LogP contribution in [0.2, 0.25) is 0 Å². The molecule has 51 heavy (non-hydrogen) atoms. The predicted molar refractivity (Wildman–Crippen MR) is 189 cm³/mol. The molecule has 14 nitrogen and oxygen atoms in total. The van der Waals surface area contributed by atoms with Crippen molar-refractivity contribution in [2.24, 2.45) is 0 Å². The second kappa shape index (κ2) is 26.5. The lowest BCUT2D eigenvalue weighted by Crippen LogP contribution is -2.65. The van der Waals surface area contributed by atoms with Gasteiger partial charge in [-0.15, -0.1) is 0 Å². The molecule has 9 N–H and O–H groups in total. The fourth-order valence-corrected chi connectivity index (χ4v) is 6.39. The van der Waals surface area contributed by atoms with Gasteiger partial charge in [0.1, 0.15) is 48.8 Å². The van der Waals surface area contributed by atoms with Crippen molar-refractivity contribution < 1.29 is 64.6 Å². The van der Waals surface area contributed by atoms with E-state index >= 15 is 0 Å². The average Bonchev–Trinajstić information content (AvgIpc) is 3.12. The molecule has 2 saturated heterocycles. The van der Waals surface area contributed by atoms with E-state index in [4.69, 9.17) is 18.9 Å². The van der Waals surface area contributed by atoms with Crippen LogP contribution < -0.4 is 5.32 Å². The second-order valence-corrected chi connectivity index (χ2v) is 14.1. The lowest BCUT2D eigenvalue weighted by atomic mass is 9.97. The van der Waals surface area contributed by atoms with Gasteiger partial charge in [-0.3, -0.25) is 4.79 Å². The Morgan fingerprint density at radius 3 is 1.92 bits per heavy atom. The van der Waals surface area contributed by atoms with Gasteiger partial charge in [-0.05, 0) is 32.1 Å². The van der Waals surface area contributed by atoms with E-state index in [0.29, 0.717) is 19.3 Å². The number of hydrogen-bond donors (Lipinski definition) is 9. The molecule has 0 saturated carbocycles. The fourth-order valence-electron chi connectivity index (χ4n) is 6.39. The van der Waals surface area contributed by atoms with Crippen molar-refractivity contribution in [1.82, 2.24) is 5.32 Å². The molecule has 2 rings (SSSR count). The summed E-state index contributed by atoms with van der Waals surface area (Å²) in [5, 5.41) is 85.9. The molecule has 0 aromatic heterocycles. The summed E-state index contributed by atoms with van der Waals surface area (Å²) in [5.74, 6) is -0.226. The van der Waals surface area contributed by atoms with Crippen molar-refractivity contribution in [3.63, 3.8) is 0 Å². The Hall–Kier alpha value is -1.27. The molecule has 2 fully saturated rings. The zero-order valence-electron chi connectivity index (χ0n) is 30.8. The van der Waals surface area contributed by atoms with Crippen molar-refractivity contribution in [3.05, 3.63) is 12.2 Å². The topological polar surface area (TPSA) is 228 Å². The number of aliphatic hydroxyl groups is 8. The van der Waals surface area contributed by atoms with Crippen LogP contribution in [0.25, 0.3) is 0 Å². The van der Waals surface area contributed by atoms with E-state index in [9.17, 15) is 45.6 Å². The van der Waals surface area contributed by atoms with Crippen LogP contribution in [0.4, 0.5) is 0 Å². The highest BCUT2D eigenvalue weighted by molar-refractivity contribution is 5.76. The molecule has 0 radical (unpaired) electrons. The summed E-state index contributed by atoms with van der Waals surface area (Å²) in [4.78, 5) is 12.9. The molecule has 0 aromatic carbocycles. The van der Waals surface area contributed by atoms with Crippen LogP contribution in [0, 0.1) is 0 Å². The maximum Gasteiger partial charge on any atom is 0.220 e. The summed E-state index contributed by atoms with van der Waals surface area (Å²) in [5.41, 5.74) is 0. The molecule has 0 bridgehead atoms. The summed E-state index contributed by atoms with van der Waals surface area (Å²) in [6.07, 6.45) is 4.23. The molecule has 0 aromatic rings. The molecular weight excluding hydrogens is 666 g/mol. The number of allylic oxidation sites excluding steroid dienone is 2. The molecule has 0 spiro atoms. The van der Waals surface area contributed by atoms with Crippen LogP contribution in [0.1, 0.15) is 123 Å². The smallest absolute Gasteiger partial charge is 0.220 e. The molecule has 1 amide bonds. The zero-order valence-corrected chi connectivity index (χ0v) is 30.8. The number of unbranched alkanes of at least 4 members (excludes halogenated alkanes) is 12. The number of carbonyl (C=O) groups excluding carboxylic acids is 1. The van der Waals surface area contributed by atoms with E-state index in [2.05, 4.69) is 31.3 Å². The van der Waals surface area contributed by atoms with Gasteiger partial charge in [0.25, 0.3) is 0 Å². The highest BCUT2D eigenvalue weighted by Gasteiger charge is 2.50. The van der Waals surface area contributed by atoms with E-state index in [-0.39, 0.29) is 12.5 Å². The summed E-state index contributed by atoms with van der Waals surface area (Å²) >= 11 is 0. The largest absolute Gasteiger partial charge is 0.394 e. The standard InChI is InChI=1S/C37H69NO13/c1-3-5-7-9-11-12-13-14-15-17-19-21-29(42)38-25(26(41)20-18-16-10-8-6-4-2)24-48-36-34(47)32(45)35(28(23-40)50-36)51-37-33(46)31(44)30(43)27(22-39)49-37/h9,11,25-28,30-37,39-41,43-47H,3-8,10,12-24H2,1-2H3,(H,38,42)/b11-9-. The minimum Gasteiger partial charge on any atom is -0.394 e. The molecule has 12 unspecified atom stereocenters. The summed E-state index contributed by atoms with van der Waals surface area (Å²) in [6, 6.07) is -0.823. The van der Waals surface area contributed by atoms with Crippen LogP contribution in [0.5, 0.6) is 0 Å². The molecule has 2 heterocycles. The molecule has 2 aliphatic rings. The minimum atomic E-state index is -1.78. The van der Waals surface area contributed by atoms with Crippen molar-refractivity contribution >= 4 is 5.91 Å². The van der Waals surface area contributed by atoms with E-state index < -0.39 is 86.8 Å². The van der Waals surface area contributed by atoms with Gasteiger partial charge >= 0.3 is 0 Å². The highest BCUT2D eigenvalue weighted by atomic mass is 16.7. The first-order chi connectivity index (χ1) is 24.6. The Morgan fingerprint density at radius 2 is 1.25 bits per heavy atom. The molecule has 0 aliphatic carbocycles. The van der Waals surface area contributed by atoms with Gasteiger partial charge in [0.05, 0.1) is 32.0 Å². The number of ether oxygens (including phenoxy) is 4. The lowest BCUT2D eigenvalue weighted by molar-refractivity contribution is -0.359. The van der Waals surface area contributed by atoms with Crippen LogP contribution in [-0.2, 0) is 23.7 Å². The Bertz CT molecular complexity index is 925. The second-order valence-electron chi connectivity index (χ2n) is 14.1. The van der Waals surface area contributed by atoms with Crippen molar-refractivity contribution in [1.29, 1.82) is 0 Å². The van der Waals surface area contributed by atoms with Crippen LogP contribution in [-0.4, -0.2) is 140 Å². The molecular formula is C37H69NO13. The van der Waals surface area contributed by atoms with Gasteiger partial charge < -0.3 is 65.1 Å². The quantitative estimate of drug-likeness (QED) is 0.0433. The minimum absolute atomic E-state index is 0.226. The third-order valence-corrected chi connectivity index (χ3v) is 9.73. The van der Waals surface area contributed by atoms with Crippen molar-refractivity contribution in [2.75, 3.05) is 19.8 Å². The van der Waals surface area contributed by atoms with E-state index in [1.165, 1.54) is 12.8 Å². The van der Waals surface area contributed by atoms with Gasteiger partial charge in [-0.2, -0.15) is 0 Å². The molecule has 12 atom stereocenters. The maximum atomic E-state index is 12.9. The van der Waals surface area contributed by atoms with E-state index in [1.807, 2.05) is 0 Å². The number of rotatable bonds is 27. The Labute approximate surface area is 304 Å². The first-order valence-corrected chi connectivity index (χ1v) is 19.4. The number of nitrogens with one attached hydrogen (secondary N) is 1. The van der Waals surface area contributed by atoms with E-state index in [0.717, 1.165) is 77.0 Å². The predicted octanol–water partition coefficient (Wildman–Crippen LogP) is 1.70. The number of amides is 1. The van der Waals surface area contributed by atoms with Crippen LogP contribution >= 0.6 is 0 Å². The van der Waals surface area contributed by atoms with Crippen LogP contribution in [0.3, 0.4) is 0 Å². The van der Waals surface area contributed by atoms with Gasteiger partial charge in [0.2, 0.25) is 5.91 Å². The van der Waals surface area contributed by atoms with Gasteiger partial charge in [-0.25, -0.2) is 0 Å². The van der Waals surface area contributed by atoms with E-state index in [1.54, 1.807) is 0 Å². The Balaban J connectivity index is 1.93.